The van der Waals surface area contributed by atoms with Crippen LogP contribution in [-0.4, -0.2) is 25.8 Å². The molecule has 0 saturated heterocycles. The second-order valence-corrected chi connectivity index (χ2v) is 5.82. The summed E-state index contributed by atoms with van der Waals surface area (Å²) in [5.74, 6) is 0.894. The van der Waals surface area contributed by atoms with E-state index >= 15 is 0 Å². The summed E-state index contributed by atoms with van der Waals surface area (Å²) in [5, 5.41) is 0. The summed E-state index contributed by atoms with van der Waals surface area (Å²) < 4.78 is 30.1. The number of nitrogens with zero attached hydrogens (tertiary/aromatic N) is 1. The summed E-state index contributed by atoms with van der Waals surface area (Å²) >= 11 is 0. The molecule has 17 heavy (non-hydrogen) atoms. The second kappa shape index (κ2) is 4.50. The van der Waals surface area contributed by atoms with Crippen molar-refractivity contribution in [3.05, 3.63) is 17.8 Å². The number of hydrogen-bond acceptors (Lipinski definition) is 5. The predicted octanol–water partition coefficient (Wildman–Crippen LogP) is 0.453. The molecule has 94 valence electrons. The Hall–Kier alpha value is -1.34. The van der Waals surface area contributed by atoms with Gasteiger partial charge >= 0.3 is 0 Å². The zero-order valence-electron chi connectivity index (χ0n) is 9.51. The van der Waals surface area contributed by atoms with Crippen LogP contribution in [0.3, 0.4) is 0 Å². The fraction of sp³-hybridized carbons (Fsp3) is 0.500. The number of rotatable bonds is 5. The molecule has 0 bridgehead atoms. The number of hydrogen-bond donors (Lipinski definition) is 2. The third-order valence-electron chi connectivity index (χ3n) is 2.27. The molecule has 1 heterocycles. The van der Waals surface area contributed by atoms with Crippen LogP contribution in [0.1, 0.15) is 18.4 Å². The van der Waals surface area contributed by atoms with Gasteiger partial charge in [-0.05, 0) is 18.9 Å². The highest BCUT2D eigenvalue weighted by atomic mass is 32.2. The van der Waals surface area contributed by atoms with E-state index in [-0.39, 0.29) is 18.5 Å². The van der Waals surface area contributed by atoms with E-state index in [1.165, 1.54) is 6.20 Å². The van der Waals surface area contributed by atoms with Gasteiger partial charge in [0.1, 0.15) is 11.6 Å². The van der Waals surface area contributed by atoms with Gasteiger partial charge in [-0.2, -0.15) is 0 Å². The summed E-state index contributed by atoms with van der Waals surface area (Å²) in [7, 11) is -3.34. The largest absolute Gasteiger partial charge is 0.489 e. The summed E-state index contributed by atoms with van der Waals surface area (Å²) in [6.07, 6.45) is 4.97. The SMILES string of the molecule is CS(=O)(=O)Nc1ncc(OC2CC2)cc1CN. The highest BCUT2D eigenvalue weighted by Crippen LogP contribution is 2.28. The number of aromatic nitrogens is 1. The number of nitrogens with one attached hydrogen (secondary N) is 1. The maximum Gasteiger partial charge on any atom is 0.230 e. The van der Waals surface area contributed by atoms with Gasteiger partial charge in [-0.3, -0.25) is 4.72 Å². The molecule has 1 fully saturated rings. The molecule has 1 saturated carbocycles. The van der Waals surface area contributed by atoms with Crippen molar-refractivity contribution in [2.45, 2.75) is 25.5 Å². The van der Waals surface area contributed by atoms with E-state index in [1.807, 2.05) is 0 Å². The number of anilines is 1. The van der Waals surface area contributed by atoms with Crippen LogP contribution in [0, 0.1) is 0 Å². The van der Waals surface area contributed by atoms with Gasteiger partial charge in [-0.15, -0.1) is 0 Å². The van der Waals surface area contributed by atoms with Crippen LogP contribution < -0.4 is 15.2 Å². The molecular formula is C10H15N3O3S. The average Bonchev–Trinajstić information content (AvgIpc) is 3.02. The van der Waals surface area contributed by atoms with Crippen molar-refractivity contribution < 1.29 is 13.2 Å². The van der Waals surface area contributed by atoms with Gasteiger partial charge in [0.25, 0.3) is 0 Å². The van der Waals surface area contributed by atoms with Crippen LogP contribution >= 0.6 is 0 Å². The monoisotopic (exact) mass is 257 g/mol. The Balaban J connectivity index is 2.21. The lowest BCUT2D eigenvalue weighted by molar-refractivity contribution is 0.302. The fourth-order valence-electron chi connectivity index (χ4n) is 1.35. The second-order valence-electron chi connectivity index (χ2n) is 4.07. The molecule has 1 aromatic rings. The first-order valence-corrected chi connectivity index (χ1v) is 7.20. The van der Waals surface area contributed by atoms with E-state index in [4.69, 9.17) is 10.5 Å². The molecule has 7 heteroatoms. The van der Waals surface area contributed by atoms with E-state index in [0.717, 1.165) is 19.1 Å². The Bertz CT molecular complexity index is 512. The van der Waals surface area contributed by atoms with Gasteiger partial charge in [0.05, 0.1) is 18.6 Å². The van der Waals surface area contributed by atoms with E-state index < -0.39 is 10.0 Å². The Kier molecular flexibility index (Phi) is 3.21. The molecule has 0 unspecified atom stereocenters. The zero-order chi connectivity index (χ0) is 12.5. The van der Waals surface area contributed by atoms with Crippen LogP contribution in [0.25, 0.3) is 0 Å². The van der Waals surface area contributed by atoms with Crippen molar-refractivity contribution in [3.8, 4) is 5.75 Å². The van der Waals surface area contributed by atoms with E-state index in [9.17, 15) is 8.42 Å². The number of nitrogens with two attached hydrogens (primary N) is 1. The van der Waals surface area contributed by atoms with Gasteiger partial charge < -0.3 is 10.5 Å². The molecule has 2 rings (SSSR count). The number of sulfonamides is 1. The van der Waals surface area contributed by atoms with E-state index in [0.29, 0.717) is 11.3 Å². The molecule has 0 spiro atoms. The van der Waals surface area contributed by atoms with Gasteiger partial charge in [-0.25, -0.2) is 13.4 Å². The lowest BCUT2D eigenvalue weighted by atomic mass is 10.2. The molecule has 0 atom stereocenters. The number of pyridine rings is 1. The van der Waals surface area contributed by atoms with Crippen LogP contribution in [0.5, 0.6) is 5.75 Å². The van der Waals surface area contributed by atoms with Gasteiger partial charge in [-0.1, -0.05) is 0 Å². The van der Waals surface area contributed by atoms with Crippen molar-refractivity contribution in [2.75, 3.05) is 11.0 Å². The minimum absolute atomic E-state index is 0.201. The van der Waals surface area contributed by atoms with Gasteiger partial charge in [0.2, 0.25) is 10.0 Å². The van der Waals surface area contributed by atoms with E-state index in [2.05, 4.69) is 9.71 Å². The van der Waals surface area contributed by atoms with Gasteiger partial charge in [0, 0.05) is 12.1 Å². The molecular weight excluding hydrogens is 242 g/mol. The zero-order valence-corrected chi connectivity index (χ0v) is 10.3. The fourth-order valence-corrected chi connectivity index (χ4v) is 1.89. The van der Waals surface area contributed by atoms with Crippen molar-refractivity contribution in [2.24, 2.45) is 5.73 Å². The minimum Gasteiger partial charge on any atom is -0.489 e. The van der Waals surface area contributed by atoms with E-state index in [1.54, 1.807) is 6.07 Å². The molecule has 1 aliphatic carbocycles. The predicted molar refractivity (Wildman–Crippen MR) is 64.2 cm³/mol. The summed E-state index contributed by atoms with van der Waals surface area (Å²) in [6, 6.07) is 1.72. The molecule has 1 aromatic heterocycles. The van der Waals surface area contributed by atoms with Crippen LogP contribution in [-0.2, 0) is 16.6 Å². The van der Waals surface area contributed by atoms with Crippen molar-refractivity contribution in [3.63, 3.8) is 0 Å². The number of ether oxygens (including phenoxy) is 1. The Labute approximate surface area is 100 Å². The maximum atomic E-state index is 11.1. The summed E-state index contributed by atoms with van der Waals surface area (Å²) in [6.45, 7) is 0.201. The first kappa shape index (κ1) is 12.1. The molecule has 0 amide bonds. The van der Waals surface area contributed by atoms with Crippen molar-refractivity contribution in [1.29, 1.82) is 0 Å². The maximum absolute atomic E-state index is 11.1. The lowest BCUT2D eigenvalue weighted by Crippen LogP contribution is -2.14. The molecule has 0 radical (unpaired) electrons. The molecule has 1 aliphatic rings. The quantitative estimate of drug-likeness (QED) is 0.798. The topological polar surface area (TPSA) is 94.3 Å². The van der Waals surface area contributed by atoms with Crippen LogP contribution in [0.4, 0.5) is 5.82 Å². The normalized spacial score (nSPS) is 15.6. The summed E-state index contributed by atoms with van der Waals surface area (Å²) in [4.78, 5) is 4.02. The molecule has 0 aliphatic heterocycles. The smallest absolute Gasteiger partial charge is 0.230 e. The molecule has 6 nitrogen and oxygen atoms in total. The van der Waals surface area contributed by atoms with Crippen LogP contribution in [0.2, 0.25) is 0 Å². The molecule has 0 aromatic carbocycles. The third-order valence-corrected chi connectivity index (χ3v) is 2.83. The molecule has 3 N–H and O–H groups in total. The Morgan fingerprint density at radius 3 is 2.82 bits per heavy atom. The highest BCUT2D eigenvalue weighted by Gasteiger charge is 2.24. The summed E-state index contributed by atoms with van der Waals surface area (Å²) in [5.41, 5.74) is 6.17. The first-order chi connectivity index (χ1) is 7.98. The Morgan fingerprint density at radius 2 is 2.29 bits per heavy atom. The van der Waals surface area contributed by atoms with Gasteiger partial charge in [0.15, 0.2) is 0 Å². The highest BCUT2D eigenvalue weighted by molar-refractivity contribution is 7.92. The minimum atomic E-state index is -3.34. The third kappa shape index (κ3) is 3.57. The van der Waals surface area contributed by atoms with Crippen LogP contribution in [0.15, 0.2) is 12.3 Å². The van der Waals surface area contributed by atoms with Crippen molar-refractivity contribution >= 4 is 15.8 Å². The lowest BCUT2D eigenvalue weighted by Gasteiger charge is -2.10. The average molecular weight is 257 g/mol. The standard InChI is InChI=1S/C10H15N3O3S/c1-17(14,15)13-10-7(5-11)4-9(6-12-10)16-8-2-3-8/h4,6,8H,2-3,5,11H2,1H3,(H,12,13). The first-order valence-electron chi connectivity index (χ1n) is 5.31. The van der Waals surface area contributed by atoms with Crippen molar-refractivity contribution in [1.82, 2.24) is 4.98 Å². The Morgan fingerprint density at radius 1 is 1.59 bits per heavy atom.